The Morgan fingerprint density at radius 1 is 1.22 bits per heavy atom. The summed E-state index contributed by atoms with van der Waals surface area (Å²) in [5.74, 6) is 0.510. The molecule has 2 aromatic rings. The van der Waals surface area contributed by atoms with Crippen molar-refractivity contribution in [2.45, 2.75) is 44.4 Å². The third-order valence-corrected chi connectivity index (χ3v) is 4.92. The van der Waals surface area contributed by atoms with E-state index in [0.717, 1.165) is 21.9 Å². The van der Waals surface area contributed by atoms with E-state index in [1.165, 1.54) is 0 Å². The van der Waals surface area contributed by atoms with E-state index in [1.54, 1.807) is 12.4 Å². The molecule has 0 saturated heterocycles. The van der Waals surface area contributed by atoms with E-state index in [9.17, 15) is 8.78 Å². The highest BCUT2D eigenvalue weighted by Gasteiger charge is 2.24. The zero-order valence-electron chi connectivity index (χ0n) is 12.0. The van der Waals surface area contributed by atoms with Gasteiger partial charge in [0, 0.05) is 18.4 Å². The summed E-state index contributed by atoms with van der Waals surface area (Å²) in [7, 11) is 0. The van der Waals surface area contributed by atoms with Crippen LogP contribution in [0, 0.1) is 3.57 Å². The van der Waals surface area contributed by atoms with E-state index in [-0.39, 0.29) is 12.1 Å². The largest absolute Gasteiger partial charge is 0.351 e. The number of hydrogen-bond donors (Lipinski definition) is 1. The van der Waals surface area contributed by atoms with Crippen molar-refractivity contribution in [3.63, 3.8) is 0 Å². The van der Waals surface area contributed by atoms with E-state index < -0.39 is 6.61 Å². The number of alkyl halides is 2. The highest BCUT2D eigenvalue weighted by Crippen LogP contribution is 2.27. The van der Waals surface area contributed by atoms with E-state index in [4.69, 9.17) is 11.6 Å². The van der Waals surface area contributed by atoms with Crippen LogP contribution in [0.1, 0.15) is 25.7 Å². The Balaban J connectivity index is 1.67. The summed E-state index contributed by atoms with van der Waals surface area (Å²) >= 11 is 8.19. The predicted molar refractivity (Wildman–Crippen MR) is 91.8 cm³/mol. The Morgan fingerprint density at radius 3 is 2.65 bits per heavy atom. The average molecular weight is 455 g/mol. The molecule has 1 saturated carbocycles. The Labute approximate surface area is 150 Å². The average Bonchev–Trinajstić information content (AvgIpc) is 2.53. The quantitative estimate of drug-likeness (QED) is 0.553. The zero-order chi connectivity index (χ0) is 16.4. The second kappa shape index (κ2) is 7.35. The fourth-order valence-corrected chi connectivity index (χ4v) is 3.44. The first-order chi connectivity index (χ1) is 11.0. The monoisotopic (exact) mass is 454 g/mol. The molecule has 2 aromatic heterocycles. The Morgan fingerprint density at radius 2 is 1.96 bits per heavy atom. The van der Waals surface area contributed by atoms with Crippen LogP contribution in [0.4, 0.5) is 14.7 Å². The molecule has 0 aromatic carbocycles. The highest BCUT2D eigenvalue weighted by atomic mass is 127. The van der Waals surface area contributed by atoms with E-state index in [2.05, 4.69) is 47.6 Å². The molecule has 0 unspecified atom stereocenters. The van der Waals surface area contributed by atoms with Gasteiger partial charge in [-0.05, 0) is 48.3 Å². The van der Waals surface area contributed by atoms with Gasteiger partial charge in [0.05, 0.1) is 20.6 Å². The molecule has 5 nitrogen and oxygen atoms in total. The van der Waals surface area contributed by atoms with E-state index in [1.807, 2.05) is 0 Å². The first-order valence-corrected chi connectivity index (χ1v) is 8.65. The molecule has 0 bridgehead atoms. The summed E-state index contributed by atoms with van der Waals surface area (Å²) in [6, 6.07) is 0.153. The van der Waals surface area contributed by atoms with Crippen LogP contribution in [0.2, 0.25) is 5.15 Å². The van der Waals surface area contributed by atoms with Crippen molar-refractivity contribution in [1.29, 1.82) is 0 Å². The standard InChI is InChI=1S/C14H14ClF2IN4O/c15-12-9-5-20-14(22-11(9)10(18)6-19-12)21-7-1-3-8(4-2-7)23-13(16)17/h5-8,13H,1-4H2,(H,20,21,22)/t7-,8-. The molecule has 2 heterocycles. The fourth-order valence-electron chi connectivity index (χ4n) is 2.70. The molecule has 0 amide bonds. The zero-order valence-corrected chi connectivity index (χ0v) is 14.9. The summed E-state index contributed by atoms with van der Waals surface area (Å²) < 4.78 is 29.9. The van der Waals surface area contributed by atoms with Gasteiger partial charge in [-0.15, -0.1) is 0 Å². The second-order valence-electron chi connectivity index (χ2n) is 5.37. The number of fused-ring (bicyclic) bond motifs is 1. The molecule has 0 atom stereocenters. The van der Waals surface area contributed by atoms with Gasteiger partial charge in [-0.3, -0.25) is 0 Å². The Kier molecular flexibility index (Phi) is 5.42. The van der Waals surface area contributed by atoms with Gasteiger partial charge in [-0.2, -0.15) is 8.78 Å². The maximum absolute atomic E-state index is 12.2. The lowest BCUT2D eigenvalue weighted by atomic mass is 9.93. The number of rotatable bonds is 4. The van der Waals surface area contributed by atoms with Crippen LogP contribution in [0.5, 0.6) is 0 Å². The maximum Gasteiger partial charge on any atom is 0.345 e. The van der Waals surface area contributed by atoms with E-state index in [0.29, 0.717) is 29.3 Å². The van der Waals surface area contributed by atoms with Gasteiger partial charge in [-0.25, -0.2) is 15.0 Å². The second-order valence-corrected chi connectivity index (χ2v) is 6.89. The number of nitrogens with zero attached hydrogens (tertiary/aromatic N) is 3. The molecule has 3 rings (SSSR count). The van der Waals surface area contributed by atoms with Crippen LogP contribution >= 0.6 is 34.2 Å². The molecule has 0 aliphatic heterocycles. The van der Waals surface area contributed by atoms with Crippen LogP contribution in [-0.4, -0.2) is 33.7 Å². The molecular formula is C14H14ClF2IN4O. The number of halogens is 4. The molecule has 1 N–H and O–H groups in total. The number of anilines is 1. The minimum absolute atomic E-state index is 0.153. The van der Waals surface area contributed by atoms with Crippen LogP contribution in [0.25, 0.3) is 10.9 Å². The van der Waals surface area contributed by atoms with Crippen LogP contribution < -0.4 is 5.32 Å². The first kappa shape index (κ1) is 17.0. The molecule has 1 aliphatic rings. The van der Waals surface area contributed by atoms with Gasteiger partial charge in [0.15, 0.2) is 0 Å². The summed E-state index contributed by atoms with van der Waals surface area (Å²) in [6.45, 7) is -2.70. The van der Waals surface area contributed by atoms with Crippen LogP contribution in [0.15, 0.2) is 12.4 Å². The summed E-state index contributed by atoms with van der Waals surface area (Å²) in [5.41, 5.74) is 0.748. The number of hydrogen-bond acceptors (Lipinski definition) is 5. The Hall–Kier alpha value is -0.870. The summed E-state index contributed by atoms with van der Waals surface area (Å²) in [6.07, 6.45) is 5.63. The minimum Gasteiger partial charge on any atom is -0.351 e. The lowest BCUT2D eigenvalue weighted by Crippen LogP contribution is -2.31. The maximum atomic E-state index is 12.2. The molecule has 0 spiro atoms. The smallest absolute Gasteiger partial charge is 0.345 e. The third-order valence-electron chi connectivity index (χ3n) is 3.83. The normalized spacial score (nSPS) is 21.8. The van der Waals surface area contributed by atoms with Gasteiger partial charge < -0.3 is 10.1 Å². The predicted octanol–water partition coefficient (Wildman–Crippen LogP) is 4.25. The molecule has 9 heteroatoms. The number of aromatic nitrogens is 3. The summed E-state index contributed by atoms with van der Waals surface area (Å²) in [4.78, 5) is 12.8. The molecule has 1 fully saturated rings. The molecule has 1 aliphatic carbocycles. The molecule has 124 valence electrons. The van der Waals surface area contributed by atoms with Crippen LogP contribution in [-0.2, 0) is 4.74 Å². The first-order valence-electron chi connectivity index (χ1n) is 7.20. The molecule has 0 radical (unpaired) electrons. The van der Waals surface area contributed by atoms with Crippen molar-refractivity contribution in [3.05, 3.63) is 21.1 Å². The van der Waals surface area contributed by atoms with Crippen molar-refractivity contribution in [2.24, 2.45) is 0 Å². The molecular weight excluding hydrogens is 441 g/mol. The van der Waals surface area contributed by atoms with Gasteiger partial charge in [0.2, 0.25) is 5.95 Å². The van der Waals surface area contributed by atoms with Crippen LogP contribution in [0.3, 0.4) is 0 Å². The number of ether oxygens (including phenoxy) is 1. The van der Waals surface area contributed by atoms with Crippen molar-refractivity contribution in [2.75, 3.05) is 5.32 Å². The van der Waals surface area contributed by atoms with E-state index >= 15 is 0 Å². The molecule has 23 heavy (non-hydrogen) atoms. The van der Waals surface area contributed by atoms with Crippen molar-refractivity contribution >= 4 is 51.0 Å². The summed E-state index contributed by atoms with van der Waals surface area (Å²) in [5, 5.41) is 4.34. The van der Waals surface area contributed by atoms with Crippen molar-refractivity contribution in [3.8, 4) is 0 Å². The minimum atomic E-state index is -2.70. The van der Waals surface area contributed by atoms with Gasteiger partial charge >= 0.3 is 6.61 Å². The number of nitrogens with one attached hydrogen (secondary N) is 1. The van der Waals surface area contributed by atoms with Gasteiger partial charge in [-0.1, -0.05) is 11.6 Å². The highest BCUT2D eigenvalue weighted by molar-refractivity contribution is 14.1. The van der Waals surface area contributed by atoms with Crippen molar-refractivity contribution in [1.82, 2.24) is 15.0 Å². The fraction of sp³-hybridized carbons (Fsp3) is 0.500. The third kappa shape index (κ3) is 4.16. The Bertz CT molecular complexity index is 698. The SMILES string of the molecule is FC(F)O[C@H]1CC[C@H](Nc2ncc3c(Cl)ncc(I)c3n2)CC1. The van der Waals surface area contributed by atoms with Gasteiger partial charge in [0.1, 0.15) is 5.15 Å². The lowest BCUT2D eigenvalue weighted by Gasteiger charge is -2.28. The topological polar surface area (TPSA) is 59.9 Å². The van der Waals surface area contributed by atoms with Crippen molar-refractivity contribution < 1.29 is 13.5 Å². The lowest BCUT2D eigenvalue weighted by molar-refractivity contribution is -0.169. The number of pyridine rings is 1. The van der Waals surface area contributed by atoms with Gasteiger partial charge in [0.25, 0.3) is 0 Å².